The standard InChI is InChI=1S/C13H22ClNS/c1-4-6-7-10(5-2)12(15)11-8-9(3)13(14)16-11/h8,10,12H,4-7,15H2,1-3H3. The van der Waals surface area contributed by atoms with E-state index in [1.165, 1.54) is 24.1 Å². The van der Waals surface area contributed by atoms with Gasteiger partial charge in [-0.3, -0.25) is 0 Å². The van der Waals surface area contributed by atoms with E-state index >= 15 is 0 Å². The summed E-state index contributed by atoms with van der Waals surface area (Å²) in [4.78, 5) is 1.24. The maximum atomic E-state index is 6.32. The summed E-state index contributed by atoms with van der Waals surface area (Å²) in [6.45, 7) is 6.49. The number of hydrogen-bond donors (Lipinski definition) is 1. The van der Waals surface area contributed by atoms with E-state index < -0.39 is 0 Å². The zero-order valence-electron chi connectivity index (χ0n) is 10.4. The topological polar surface area (TPSA) is 26.0 Å². The lowest BCUT2D eigenvalue weighted by atomic mass is 9.91. The minimum Gasteiger partial charge on any atom is -0.323 e. The summed E-state index contributed by atoms with van der Waals surface area (Å²) < 4.78 is 0.885. The Hall–Kier alpha value is -0.0500. The van der Waals surface area contributed by atoms with Crippen LogP contribution in [0.4, 0.5) is 0 Å². The van der Waals surface area contributed by atoms with Gasteiger partial charge in [-0.15, -0.1) is 11.3 Å². The van der Waals surface area contributed by atoms with E-state index in [2.05, 4.69) is 19.9 Å². The van der Waals surface area contributed by atoms with E-state index in [0.717, 1.165) is 16.3 Å². The lowest BCUT2D eigenvalue weighted by Gasteiger charge is -2.21. The minimum atomic E-state index is 0.160. The van der Waals surface area contributed by atoms with E-state index in [0.29, 0.717) is 5.92 Å². The molecule has 1 aromatic heterocycles. The molecule has 0 aliphatic rings. The third kappa shape index (κ3) is 3.47. The molecule has 1 nitrogen and oxygen atoms in total. The highest BCUT2D eigenvalue weighted by atomic mass is 35.5. The zero-order chi connectivity index (χ0) is 12.1. The largest absolute Gasteiger partial charge is 0.323 e. The van der Waals surface area contributed by atoms with Crippen LogP contribution in [0.1, 0.15) is 56.0 Å². The van der Waals surface area contributed by atoms with Crippen LogP contribution in [-0.4, -0.2) is 0 Å². The molecule has 0 fully saturated rings. The molecule has 0 saturated heterocycles. The molecular weight excluding hydrogens is 238 g/mol. The first-order valence-corrected chi connectivity index (χ1v) is 7.31. The first-order valence-electron chi connectivity index (χ1n) is 6.11. The molecule has 0 aliphatic heterocycles. The van der Waals surface area contributed by atoms with Crippen LogP contribution in [-0.2, 0) is 0 Å². The summed E-state index contributed by atoms with van der Waals surface area (Å²) in [5.74, 6) is 0.592. The molecule has 3 heteroatoms. The highest BCUT2D eigenvalue weighted by Crippen LogP contribution is 2.35. The van der Waals surface area contributed by atoms with E-state index in [1.54, 1.807) is 11.3 Å². The lowest BCUT2D eigenvalue weighted by Crippen LogP contribution is -2.20. The molecule has 0 saturated carbocycles. The Balaban J connectivity index is 2.70. The van der Waals surface area contributed by atoms with Crippen molar-refractivity contribution in [2.75, 3.05) is 0 Å². The van der Waals surface area contributed by atoms with Gasteiger partial charge in [0.2, 0.25) is 0 Å². The number of halogens is 1. The highest BCUT2D eigenvalue weighted by molar-refractivity contribution is 7.16. The maximum absolute atomic E-state index is 6.32. The maximum Gasteiger partial charge on any atom is 0.0960 e. The quantitative estimate of drug-likeness (QED) is 0.771. The first-order chi connectivity index (χ1) is 7.60. The van der Waals surface area contributed by atoms with E-state index in [9.17, 15) is 0 Å². The molecule has 2 atom stereocenters. The van der Waals surface area contributed by atoms with Gasteiger partial charge in [0.15, 0.2) is 0 Å². The zero-order valence-corrected chi connectivity index (χ0v) is 12.0. The number of thiophene rings is 1. The molecule has 1 aromatic rings. The molecule has 16 heavy (non-hydrogen) atoms. The molecule has 0 radical (unpaired) electrons. The van der Waals surface area contributed by atoms with E-state index in [4.69, 9.17) is 17.3 Å². The Morgan fingerprint density at radius 3 is 2.56 bits per heavy atom. The molecule has 0 amide bonds. The van der Waals surface area contributed by atoms with Gasteiger partial charge in [-0.2, -0.15) is 0 Å². The fourth-order valence-corrected chi connectivity index (χ4v) is 3.30. The van der Waals surface area contributed by atoms with Crippen LogP contribution < -0.4 is 5.73 Å². The lowest BCUT2D eigenvalue weighted by molar-refractivity contribution is 0.382. The molecule has 92 valence electrons. The molecule has 2 unspecified atom stereocenters. The second-order valence-electron chi connectivity index (χ2n) is 4.44. The molecule has 2 N–H and O–H groups in total. The average molecular weight is 260 g/mol. The summed E-state index contributed by atoms with van der Waals surface area (Å²) in [7, 11) is 0. The van der Waals surface area contributed by atoms with Crippen LogP contribution in [0.3, 0.4) is 0 Å². The van der Waals surface area contributed by atoms with Crippen molar-refractivity contribution in [2.24, 2.45) is 11.7 Å². The van der Waals surface area contributed by atoms with Gasteiger partial charge >= 0.3 is 0 Å². The number of hydrogen-bond acceptors (Lipinski definition) is 2. The predicted molar refractivity (Wildman–Crippen MR) is 74.3 cm³/mol. The summed E-state index contributed by atoms with van der Waals surface area (Å²) in [5.41, 5.74) is 7.48. The predicted octanol–water partition coefficient (Wildman–Crippen LogP) is 4.93. The Morgan fingerprint density at radius 2 is 2.12 bits per heavy atom. The monoisotopic (exact) mass is 259 g/mol. The smallest absolute Gasteiger partial charge is 0.0960 e. The SMILES string of the molecule is CCCCC(CC)C(N)c1cc(C)c(Cl)s1. The van der Waals surface area contributed by atoms with Gasteiger partial charge in [-0.25, -0.2) is 0 Å². The molecule has 0 spiro atoms. The normalized spacial score (nSPS) is 15.1. The Kier molecular flexibility index (Phi) is 5.81. The first kappa shape index (κ1) is 14.0. The van der Waals surface area contributed by atoms with Crippen LogP contribution in [0, 0.1) is 12.8 Å². The average Bonchev–Trinajstić information content (AvgIpc) is 2.60. The number of rotatable bonds is 6. The second kappa shape index (κ2) is 6.63. The van der Waals surface area contributed by atoms with Gasteiger partial charge in [0.1, 0.15) is 0 Å². The van der Waals surface area contributed by atoms with Crippen molar-refractivity contribution in [3.8, 4) is 0 Å². The number of nitrogens with two attached hydrogens (primary N) is 1. The Bertz CT molecular complexity index is 302. The van der Waals surface area contributed by atoms with Crippen molar-refractivity contribution in [3.63, 3.8) is 0 Å². The van der Waals surface area contributed by atoms with Crippen molar-refractivity contribution >= 4 is 22.9 Å². The summed E-state index contributed by atoms with van der Waals surface area (Å²) in [6.07, 6.45) is 4.89. The van der Waals surface area contributed by atoms with Gasteiger partial charge in [-0.05, 0) is 30.9 Å². The molecule has 0 aliphatic carbocycles. The molecule has 0 aromatic carbocycles. The van der Waals surface area contributed by atoms with Crippen LogP contribution >= 0.6 is 22.9 Å². The molecular formula is C13H22ClNS. The summed E-state index contributed by atoms with van der Waals surface area (Å²) >= 11 is 7.73. The van der Waals surface area contributed by atoms with Gasteiger partial charge in [0, 0.05) is 10.9 Å². The number of unbranched alkanes of at least 4 members (excludes halogenated alkanes) is 1. The van der Waals surface area contributed by atoms with E-state index in [1.807, 2.05) is 6.92 Å². The van der Waals surface area contributed by atoms with Crippen LogP contribution in [0.2, 0.25) is 4.34 Å². The Labute approximate surface area is 108 Å². The van der Waals surface area contributed by atoms with Crippen molar-refractivity contribution in [1.29, 1.82) is 0 Å². The number of aryl methyl sites for hydroxylation is 1. The molecule has 0 bridgehead atoms. The molecule has 1 heterocycles. The fourth-order valence-electron chi connectivity index (χ4n) is 1.98. The van der Waals surface area contributed by atoms with Crippen molar-refractivity contribution in [1.82, 2.24) is 0 Å². The van der Waals surface area contributed by atoms with Crippen LogP contribution in [0.5, 0.6) is 0 Å². The summed E-state index contributed by atoms with van der Waals surface area (Å²) in [6, 6.07) is 2.31. The highest BCUT2D eigenvalue weighted by Gasteiger charge is 2.19. The van der Waals surface area contributed by atoms with Gasteiger partial charge < -0.3 is 5.73 Å². The molecule has 1 rings (SSSR count). The van der Waals surface area contributed by atoms with E-state index in [-0.39, 0.29) is 6.04 Å². The van der Waals surface area contributed by atoms with Crippen molar-refractivity contribution < 1.29 is 0 Å². The van der Waals surface area contributed by atoms with Crippen molar-refractivity contribution in [3.05, 3.63) is 20.8 Å². The Morgan fingerprint density at radius 1 is 1.44 bits per heavy atom. The van der Waals surface area contributed by atoms with Crippen LogP contribution in [0.15, 0.2) is 6.07 Å². The third-order valence-electron chi connectivity index (χ3n) is 3.17. The third-order valence-corrected chi connectivity index (χ3v) is 4.82. The van der Waals surface area contributed by atoms with Gasteiger partial charge in [-0.1, -0.05) is 44.7 Å². The van der Waals surface area contributed by atoms with Crippen LogP contribution in [0.25, 0.3) is 0 Å². The fraction of sp³-hybridized carbons (Fsp3) is 0.692. The van der Waals surface area contributed by atoms with Crippen molar-refractivity contribution in [2.45, 2.75) is 52.5 Å². The van der Waals surface area contributed by atoms with Gasteiger partial charge in [0.05, 0.1) is 4.34 Å². The summed E-state index contributed by atoms with van der Waals surface area (Å²) in [5, 5.41) is 0. The minimum absolute atomic E-state index is 0.160. The second-order valence-corrected chi connectivity index (χ2v) is 6.13. The van der Waals surface area contributed by atoms with Gasteiger partial charge in [0.25, 0.3) is 0 Å².